The van der Waals surface area contributed by atoms with Gasteiger partial charge in [-0.15, -0.1) is 24.0 Å². The molecule has 1 aliphatic heterocycles. The van der Waals surface area contributed by atoms with E-state index in [0.717, 1.165) is 37.3 Å². The number of rotatable bonds is 5. The van der Waals surface area contributed by atoms with Crippen LogP contribution < -0.4 is 5.32 Å². The van der Waals surface area contributed by atoms with E-state index >= 15 is 0 Å². The molecular formula is C16H31IN4O. The van der Waals surface area contributed by atoms with Gasteiger partial charge in [0, 0.05) is 33.2 Å². The lowest BCUT2D eigenvalue weighted by Gasteiger charge is -2.25. The number of nitrogens with one attached hydrogen (secondary N) is 1. The van der Waals surface area contributed by atoms with Crippen LogP contribution >= 0.6 is 24.0 Å². The van der Waals surface area contributed by atoms with Gasteiger partial charge in [-0.2, -0.15) is 0 Å². The minimum atomic E-state index is 0. The topological polar surface area (TPSA) is 47.9 Å². The Morgan fingerprint density at radius 2 is 2.00 bits per heavy atom. The summed E-state index contributed by atoms with van der Waals surface area (Å²) in [7, 11) is 3.55. The zero-order valence-electron chi connectivity index (χ0n) is 14.3. The molecule has 5 nitrogen and oxygen atoms in total. The second-order valence-electron chi connectivity index (χ2n) is 6.71. The van der Waals surface area contributed by atoms with Gasteiger partial charge < -0.3 is 15.1 Å². The number of hydrogen-bond acceptors (Lipinski definition) is 2. The number of likely N-dealkylation sites (tertiary alicyclic amines) is 1. The Hall–Kier alpha value is -0.530. The van der Waals surface area contributed by atoms with Gasteiger partial charge >= 0.3 is 0 Å². The summed E-state index contributed by atoms with van der Waals surface area (Å²) in [5, 5.41) is 3.49. The number of guanidine groups is 1. The largest absolute Gasteiger partial charge is 0.354 e. The van der Waals surface area contributed by atoms with Crippen LogP contribution in [0.4, 0.5) is 0 Å². The summed E-state index contributed by atoms with van der Waals surface area (Å²) < 4.78 is 0. The van der Waals surface area contributed by atoms with E-state index in [1.54, 1.807) is 19.0 Å². The van der Waals surface area contributed by atoms with Crippen LogP contribution in [-0.4, -0.2) is 61.4 Å². The molecule has 2 unspecified atom stereocenters. The van der Waals surface area contributed by atoms with Crippen molar-refractivity contribution in [3.05, 3.63) is 0 Å². The summed E-state index contributed by atoms with van der Waals surface area (Å²) in [5.74, 6) is 2.75. The number of halogens is 1. The third-order valence-electron chi connectivity index (χ3n) is 4.66. The molecule has 128 valence electrons. The van der Waals surface area contributed by atoms with E-state index in [2.05, 4.69) is 29.1 Å². The van der Waals surface area contributed by atoms with E-state index in [1.165, 1.54) is 19.3 Å². The number of carbonyl (C=O) groups excluding carboxylic acids is 1. The Bertz CT molecular complexity index is 396. The molecular weight excluding hydrogens is 391 g/mol. The SMILES string of the molecule is CCC(C)NC(=NCC(=O)N(C)C)N1CCC(C2CC2)C1.I. The first-order valence-corrected chi connectivity index (χ1v) is 8.27. The average molecular weight is 422 g/mol. The van der Waals surface area contributed by atoms with Gasteiger partial charge in [-0.05, 0) is 44.4 Å². The third kappa shape index (κ3) is 5.59. The summed E-state index contributed by atoms with van der Waals surface area (Å²) in [6.07, 6.45) is 5.14. The molecule has 0 aromatic carbocycles. The molecule has 0 aromatic heterocycles. The molecule has 1 aliphatic carbocycles. The zero-order valence-corrected chi connectivity index (χ0v) is 16.7. The first kappa shape index (κ1) is 19.5. The lowest BCUT2D eigenvalue weighted by Crippen LogP contribution is -2.44. The van der Waals surface area contributed by atoms with E-state index < -0.39 is 0 Å². The first-order chi connectivity index (χ1) is 10.0. The summed E-state index contributed by atoms with van der Waals surface area (Å²) in [6.45, 7) is 6.73. The predicted molar refractivity (Wildman–Crippen MR) is 102 cm³/mol. The Morgan fingerprint density at radius 1 is 1.32 bits per heavy atom. The van der Waals surface area contributed by atoms with Gasteiger partial charge in [0.25, 0.3) is 0 Å². The highest BCUT2D eigenvalue weighted by atomic mass is 127. The summed E-state index contributed by atoms with van der Waals surface area (Å²) in [4.78, 5) is 20.3. The molecule has 1 N–H and O–H groups in total. The van der Waals surface area contributed by atoms with Crippen LogP contribution in [0.25, 0.3) is 0 Å². The fourth-order valence-corrected chi connectivity index (χ4v) is 2.78. The molecule has 1 heterocycles. The predicted octanol–water partition coefficient (Wildman–Crippen LogP) is 2.17. The molecule has 22 heavy (non-hydrogen) atoms. The van der Waals surface area contributed by atoms with E-state index in [1.807, 2.05) is 0 Å². The van der Waals surface area contributed by atoms with Crippen molar-refractivity contribution in [3.63, 3.8) is 0 Å². The van der Waals surface area contributed by atoms with Crippen LogP contribution in [0.1, 0.15) is 39.5 Å². The van der Waals surface area contributed by atoms with Crippen LogP contribution in [0.3, 0.4) is 0 Å². The smallest absolute Gasteiger partial charge is 0.243 e. The Labute approximate surface area is 151 Å². The quantitative estimate of drug-likeness (QED) is 0.420. The molecule has 2 atom stereocenters. The Morgan fingerprint density at radius 3 is 2.55 bits per heavy atom. The maximum atomic E-state index is 11.8. The van der Waals surface area contributed by atoms with E-state index in [4.69, 9.17) is 0 Å². The molecule has 2 rings (SSSR count). The summed E-state index contributed by atoms with van der Waals surface area (Å²) >= 11 is 0. The van der Waals surface area contributed by atoms with Gasteiger partial charge in [0.1, 0.15) is 6.54 Å². The number of nitrogens with zero attached hydrogens (tertiary/aromatic N) is 3. The lowest BCUT2D eigenvalue weighted by atomic mass is 10.0. The molecule has 2 fully saturated rings. The second-order valence-corrected chi connectivity index (χ2v) is 6.71. The van der Waals surface area contributed by atoms with Crippen LogP contribution in [0, 0.1) is 11.8 Å². The van der Waals surface area contributed by atoms with Crippen molar-refractivity contribution in [1.29, 1.82) is 0 Å². The number of carbonyl (C=O) groups is 1. The number of amides is 1. The fraction of sp³-hybridized carbons (Fsp3) is 0.875. The second kappa shape index (κ2) is 8.93. The van der Waals surface area contributed by atoms with Crippen molar-refractivity contribution < 1.29 is 4.79 Å². The number of likely N-dealkylation sites (N-methyl/N-ethyl adjacent to an activating group) is 1. The van der Waals surface area contributed by atoms with Crippen molar-refractivity contribution in [2.45, 2.75) is 45.6 Å². The summed E-state index contributed by atoms with van der Waals surface area (Å²) in [6, 6.07) is 0.387. The molecule has 6 heteroatoms. The molecule has 2 aliphatic rings. The number of aliphatic imine (C=N–C) groups is 1. The van der Waals surface area contributed by atoms with Gasteiger partial charge in [-0.1, -0.05) is 6.92 Å². The van der Waals surface area contributed by atoms with Gasteiger partial charge in [0.15, 0.2) is 5.96 Å². The van der Waals surface area contributed by atoms with Crippen LogP contribution in [-0.2, 0) is 4.79 Å². The molecule has 0 aromatic rings. The van der Waals surface area contributed by atoms with Gasteiger partial charge in [0.05, 0.1) is 0 Å². The third-order valence-corrected chi connectivity index (χ3v) is 4.66. The van der Waals surface area contributed by atoms with E-state index in [0.29, 0.717) is 6.04 Å². The van der Waals surface area contributed by atoms with Crippen molar-refractivity contribution in [3.8, 4) is 0 Å². The Kier molecular flexibility index (Phi) is 7.93. The number of hydrogen-bond donors (Lipinski definition) is 1. The molecule has 1 saturated heterocycles. The minimum absolute atomic E-state index is 0. The van der Waals surface area contributed by atoms with Crippen LogP contribution in [0.5, 0.6) is 0 Å². The lowest BCUT2D eigenvalue weighted by molar-refractivity contribution is -0.127. The van der Waals surface area contributed by atoms with Crippen LogP contribution in [0.2, 0.25) is 0 Å². The van der Waals surface area contributed by atoms with Crippen molar-refractivity contribution in [2.24, 2.45) is 16.8 Å². The monoisotopic (exact) mass is 422 g/mol. The highest BCUT2D eigenvalue weighted by Crippen LogP contribution is 2.41. The average Bonchev–Trinajstić information content (AvgIpc) is 3.20. The van der Waals surface area contributed by atoms with Gasteiger partial charge in [0.2, 0.25) is 5.91 Å². The van der Waals surface area contributed by atoms with Crippen molar-refractivity contribution in [2.75, 3.05) is 33.7 Å². The fourth-order valence-electron chi connectivity index (χ4n) is 2.78. The molecule has 0 bridgehead atoms. The maximum absolute atomic E-state index is 11.8. The Balaban J connectivity index is 0.00000242. The highest BCUT2D eigenvalue weighted by molar-refractivity contribution is 14.0. The standard InChI is InChI=1S/C16H30N4O.HI/c1-5-12(2)18-16(17-10-15(21)19(3)4)20-9-8-14(11-20)13-6-7-13;/h12-14H,5-11H2,1-4H3,(H,17,18);1H. The molecule has 1 amide bonds. The maximum Gasteiger partial charge on any atom is 0.243 e. The molecule has 0 radical (unpaired) electrons. The molecule has 0 spiro atoms. The van der Waals surface area contributed by atoms with Crippen molar-refractivity contribution >= 4 is 35.8 Å². The minimum Gasteiger partial charge on any atom is -0.354 e. The first-order valence-electron chi connectivity index (χ1n) is 8.27. The van der Waals surface area contributed by atoms with E-state index in [-0.39, 0.29) is 36.4 Å². The highest BCUT2D eigenvalue weighted by Gasteiger charge is 2.36. The van der Waals surface area contributed by atoms with Crippen LogP contribution in [0.15, 0.2) is 4.99 Å². The normalized spacial score (nSPS) is 23.0. The van der Waals surface area contributed by atoms with E-state index in [9.17, 15) is 4.79 Å². The van der Waals surface area contributed by atoms with Crippen molar-refractivity contribution in [1.82, 2.24) is 15.1 Å². The molecule has 1 saturated carbocycles. The van der Waals surface area contributed by atoms with Gasteiger partial charge in [-0.3, -0.25) is 4.79 Å². The summed E-state index contributed by atoms with van der Waals surface area (Å²) in [5.41, 5.74) is 0. The zero-order chi connectivity index (χ0) is 15.4. The van der Waals surface area contributed by atoms with Gasteiger partial charge in [-0.25, -0.2) is 4.99 Å².